The van der Waals surface area contributed by atoms with Gasteiger partial charge in [0.15, 0.2) is 0 Å². The Morgan fingerprint density at radius 2 is 2.00 bits per heavy atom. The van der Waals surface area contributed by atoms with Crippen molar-refractivity contribution in [3.05, 3.63) is 30.6 Å². The van der Waals surface area contributed by atoms with Crippen molar-refractivity contribution in [2.75, 3.05) is 58.7 Å². The average Bonchev–Trinajstić information content (AvgIpc) is 3.62. The summed E-state index contributed by atoms with van der Waals surface area (Å²) >= 11 is 0. The Hall–Kier alpha value is -3.90. The molecule has 1 saturated heterocycles. The van der Waals surface area contributed by atoms with E-state index in [1.165, 1.54) is 0 Å². The van der Waals surface area contributed by atoms with Gasteiger partial charge in [0.05, 0.1) is 18.8 Å². The van der Waals surface area contributed by atoms with Crippen molar-refractivity contribution in [2.24, 2.45) is 0 Å². The van der Waals surface area contributed by atoms with E-state index in [0.717, 1.165) is 67.8 Å². The lowest BCUT2D eigenvalue weighted by Gasteiger charge is -2.32. The monoisotopic (exact) mass is 511 g/mol. The van der Waals surface area contributed by atoms with Crippen molar-refractivity contribution in [1.82, 2.24) is 30.1 Å². The summed E-state index contributed by atoms with van der Waals surface area (Å²) in [6, 6.07) is 5.33. The zero-order chi connectivity index (χ0) is 26.2. The van der Waals surface area contributed by atoms with Crippen molar-refractivity contribution in [2.45, 2.75) is 18.9 Å². The number of hydrogen-bond acceptors (Lipinski definition) is 8. The summed E-state index contributed by atoms with van der Waals surface area (Å²) in [4.78, 5) is 37.6. The maximum Gasteiger partial charge on any atom is 0.320 e. The number of nitrogens with zero attached hydrogens (tertiary/aromatic N) is 4. The molecule has 1 aliphatic heterocycles. The molecule has 37 heavy (non-hydrogen) atoms. The third-order valence-electron chi connectivity index (χ3n) is 6.25. The number of carboxylic acid groups (broad SMARTS) is 1. The van der Waals surface area contributed by atoms with Gasteiger partial charge in [-0.1, -0.05) is 0 Å². The van der Waals surface area contributed by atoms with Gasteiger partial charge in [-0.3, -0.25) is 15.0 Å². The normalized spacial score (nSPS) is 15.9. The number of ether oxygens (including phenoxy) is 2. The summed E-state index contributed by atoms with van der Waals surface area (Å²) in [5, 5.41) is 13.5. The summed E-state index contributed by atoms with van der Waals surface area (Å²) in [5.41, 5.74) is 2.35. The molecule has 2 amide bonds. The average molecular weight is 512 g/mol. The zero-order valence-corrected chi connectivity index (χ0v) is 21.1. The van der Waals surface area contributed by atoms with Gasteiger partial charge in [0, 0.05) is 62.6 Å². The van der Waals surface area contributed by atoms with Crippen LogP contribution in [-0.2, 0) is 4.79 Å². The van der Waals surface area contributed by atoms with Crippen LogP contribution in [0.4, 0.5) is 10.6 Å². The molecule has 5 rings (SSSR count). The van der Waals surface area contributed by atoms with E-state index < -0.39 is 0 Å². The summed E-state index contributed by atoms with van der Waals surface area (Å²) in [5.74, 6) is 1.73. The lowest BCUT2D eigenvalue weighted by atomic mass is 10.1. The Kier molecular flexibility index (Phi) is 8.75. The molecular formula is C25H33N7O5. The molecule has 3 aromatic heterocycles. The van der Waals surface area contributed by atoms with Crippen LogP contribution >= 0.6 is 0 Å². The van der Waals surface area contributed by atoms with Crippen LogP contribution in [-0.4, -0.2) is 102 Å². The number of carbonyl (C=O) groups is 2. The number of fused-ring (bicyclic) bond motifs is 1. The van der Waals surface area contributed by atoms with Crippen LogP contribution in [0.15, 0.2) is 30.6 Å². The largest absolute Gasteiger partial charge is 0.490 e. The van der Waals surface area contributed by atoms with Gasteiger partial charge in [0.2, 0.25) is 5.88 Å². The fourth-order valence-electron chi connectivity index (χ4n) is 4.13. The second-order valence-electron chi connectivity index (χ2n) is 8.94. The number of amides is 2. The molecule has 12 heteroatoms. The van der Waals surface area contributed by atoms with Crippen molar-refractivity contribution >= 4 is 29.4 Å². The number of hydrogen-bond donors (Lipinski definition) is 4. The van der Waals surface area contributed by atoms with E-state index in [4.69, 9.17) is 19.4 Å². The minimum absolute atomic E-state index is 0.250. The first-order valence-corrected chi connectivity index (χ1v) is 12.2. The summed E-state index contributed by atoms with van der Waals surface area (Å²) in [6.07, 6.45) is 5.94. The maximum atomic E-state index is 12.4. The molecule has 0 atom stereocenters. The molecule has 1 saturated carbocycles. The van der Waals surface area contributed by atoms with Crippen LogP contribution in [0.3, 0.4) is 0 Å². The highest BCUT2D eigenvalue weighted by Gasteiger charge is 2.27. The molecule has 0 bridgehead atoms. The molecule has 0 aromatic carbocycles. The van der Waals surface area contributed by atoms with Crippen molar-refractivity contribution < 1.29 is 24.2 Å². The third kappa shape index (κ3) is 6.86. The predicted octanol–water partition coefficient (Wildman–Crippen LogP) is 2.24. The fraction of sp³-hybridized carbons (Fsp3) is 0.440. The molecule has 2 aliphatic rings. The van der Waals surface area contributed by atoms with Gasteiger partial charge in [-0.05, 0) is 38.1 Å². The number of H-pyrrole nitrogens is 1. The van der Waals surface area contributed by atoms with Crippen LogP contribution in [0.5, 0.6) is 11.6 Å². The molecule has 198 valence electrons. The summed E-state index contributed by atoms with van der Waals surface area (Å²) in [6.45, 7) is 5.37. The highest BCUT2D eigenvalue weighted by Crippen LogP contribution is 2.42. The van der Waals surface area contributed by atoms with Gasteiger partial charge in [0.1, 0.15) is 17.2 Å². The molecule has 12 nitrogen and oxygen atoms in total. The highest BCUT2D eigenvalue weighted by molar-refractivity contribution is 5.98. The Morgan fingerprint density at radius 1 is 1.24 bits per heavy atom. The van der Waals surface area contributed by atoms with Gasteiger partial charge < -0.3 is 29.8 Å². The molecule has 2 fully saturated rings. The van der Waals surface area contributed by atoms with E-state index >= 15 is 0 Å². The molecule has 1 aliphatic carbocycles. The van der Waals surface area contributed by atoms with Crippen LogP contribution in [0.2, 0.25) is 0 Å². The standard InChI is InChI=1S/C24H31N7O3.CH2O2/c1-30-11-13-31(14-12-30)10-9-26-24(32)29-20-6-5-17-18(15-27-22(17)28-20)21-19(34-16-3-4-16)7-8-25-23(21)33-2;2-1-3/h5-8,15-16H,3-4,9-14H2,1-2H3,(H3,26,27,28,29,32);1H,(H,2,3). The fourth-order valence-corrected chi connectivity index (χ4v) is 4.13. The number of carbonyl (C=O) groups excluding carboxylic acids is 1. The van der Waals surface area contributed by atoms with Gasteiger partial charge in [-0.25, -0.2) is 14.8 Å². The topological polar surface area (TPSA) is 145 Å². The number of anilines is 1. The van der Waals surface area contributed by atoms with Crippen LogP contribution in [0, 0.1) is 0 Å². The number of methoxy groups -OCH3 is 1. The van der Waals surface area contributed by atoms with Crippen LogP contribution in [0.1, 0.15) is 12.8 Å². The van der Waals surface area contributed by atoms with Crippen LogP contribution in [0.25, 0.3) is 22.2 Å². The van der Waals surface area contributed by atoms with Crippen LogP contribution < -0.4 is 20.1 Å². The van der Waals surface area contributed by atoms with E-state index in [-0.39, 0.29) is 18.6 Å². The lowest BCUT2D eigenvalue weighted by Crippen LogP contribution is -2.47. The Labute approximate surface area is 215 Å². The van der Waals surface area contributed by atoms with E-state index in [1.807, 2.05) is 18.3 Å². The number of rotatable bonds is 8. The number of piperazine rings is 1. The molecule has 0 unspecified atom stereocenters. The van der Waals surface area contributed by atoms with E-state index in [1.54, 1.807) is 19.4 Å². The predicted molar refractivity (Wildman–Crippen MR) is 139 cm³/mol. The Bertz CT molecular complexity index is 1210. The molecule has 4 heterocycles. The SMILES string of the molecule is COc1nccc(OC2CC2)c1-c1c[nH]c2nc(NC(=O)NCCN3CCN(C)CC3)ccc12.O=CO. The third-order valence-corrected chi connectivity index (χ3v) is 6.25. The number of aromatic amines is 1. The smallest absolute Gasteiger partial charge is 0.320 e. The Balaban J connectivity index is 0.00000102. The zero-order valence-electron chi connectivity index (χ0n) is 21.1. The first-order chi connectivity index (χ1) is 18.0. The van der Waals surface area contributed by atoms with Gasteiger partial charge in [-0.2, -0.15) is 0 Å². The van der Waals surface area contributed by atoms with Crippen molar-refractivity contribution in [3.8, 4) is 22.8 Å². The molecule has 3 aromatic rings. The minimum Gasteiger partial charge on any atom is -0.490 e. The summed E-state index contributed by atoms with van der Waals surface area (Å²) in [7, 11) is 3.73. The number of likely N-dealkylation sites (N-methyl/N-ethyl adjacent to an activating group) is 1. The van der Waals surface area contributed by atoms with E-state index in [9.17, 15) is 4.79 Å². The number of aromatic nitrogens is 3. The summed E-state index contributed by atoms with van der Waals surface area (Å²) < 4.78 is 11.6. The number of nitrogens with one attached hydrogen (secondary N) is 3. The quantitative estimate of drug-likeness (QED) is 0.335. The molecular weight excluding hydrogens is 478 g/mol. The first-order valence-electron chi connectivity index (χ1n) is 12.2. The van der Waals surface area contributed by atoms with Crippen molar-refractivity contribution in [1.29, 1.82) is 0 Å². The minimum atomic E-state index is -0.262. The van der Waals surface area contributed by atoms with Gasteiger partial charge >= 0.3 is 6.03 Å². The number of urea groups is 1. The highest BCUT2D eigenvalue weighted by atomic mass is 16.5. The molecule has 0 spiro atoms. The Morgan fingerprint density at radius 3 is 2.70 bits per heavy atom. The number of pyridine rings is 2. The van der Waals surface area contributed by atoms with E-state index in [2.05, 4.69) is 42.4 Å². The maximum absolute atomic E-state index is 12.4. The molecule has 4 N–H and O–H groups in total. The van der Waals surface area contributed by atoms with Gasteiger partial charge in [-0.15, -0.1) is 0 Å². The lowest BCUT2D eigenvalue weighted by molar-refractivity contribution is -0.122. The van der Waals surface area contributed by atoms with Crippen molar-refractivity contribution in [3.63, 3.8) is 0 Å². The van der Waals surface area contributed by atoms with Gasteiger partial charge in [0.25, 0.3) is 6.47 Å². The second-order valence-corrected chi connectivity index (χ2v) is 8.94. The first kappa shape index (κ1) is 26.2. The molecule has 0 radical (unpaired) electrons. The second kappa shape index (κ2) is 12.4. The van der Waals surface area contributed by atoms with E-state index in [0.29, 0.717) is 23.9 Å².